The number of carbonyl (C=O) groups is 2. The van der Waals surface area contributed by atoms with E-state index in [1.54, 1.807) is 13.3 Å². The van der Waals surface area contributed by atoms with Crippen molar-refractivity contribution in [2.45, 2.75) is 56.9 Å². The third kappa shape index (κ3) is 3.80. The van der Waals surface area contributed by atoms with Gasteiger partial charge in [-0.1, -0.05) is 25.0 Å². The molecule has 0 bridgehead atoms. The maximum atomic E-state index is 13.7. The Balaban J connectivity index is 1.47. The molecule has 2 fully saturated rings. The highest BCUT2D eigenvalue weighted by atomic mass is 16.5. The number of amides is 2. The molecule has 2 aromatic rings. The van der Waals surface area contributed by atoms with Crippen LogP contribution in [0.1, 0.15) is 57.1 Å². The quantitative estimate of drug-likeness (QED) is 0.818. The number of benzene rings is 1. The first-order chi connectivity index (χ1) is 14.5. The number of nitrogens with one attached hydrogen (secondary N) is 1. The molecule has 1 aliphatic heterocycles. The monoisotopic (exact) mass is 410 g/mol. The first-order valence-corrected chi connectivity index (χ1v) is 10.8. The van der Waals surface area contributed by atoms with Crippen LogP contribution in [0.25, 0.3) is 0 Å². The van der Waals surface area contributed by atoms with E-state index in [1.165, 1.54) is 6.92 Å². The van der Waals surface area contributed by atoms with Crippen molar-refractivity contribution >= 4 is 17.6 Å². The van der Waals surface area contributed by atoms with Crippen molar-refractivity contribution in [3.63, 3.8) is 0 Å². The lowest BCUT2D eigenvalue weighted by atomic mass is 9.77. The number of piperidine rings is 1. The SMILES string of the molecule is COc1ccc(C2(C(=O)N3CCC(n4nccc4NC(C)=O)CC3)CCCC2)cc1. The Bertz CT molecular complexity index is 891. The Morgan fingerprint density at radius 1 is 1.10 bits per heavy atom. The molecule has 1 saturated carbocycles. The molecule has 1 aromatic heterocycles. The molecule has 2 heterocycles. The minimum atomic E-state index is -0.411. The molecule has 7 nitrogen and oxygen atoms in total. The molecule has 2 amide bonds. The van der Waals surface area contributed by atoms with Gasteiger partial charge in [-0.15, -0.1) is 0 Å². The van der Waals surface area contributed by atoms with Crippen LogP contribution in [0.5, 0.6) is 5.75 Å². The van der Waals surface area contributed by atoms with Crippen molar-refractivity contribution in [3.8, 4) is 5.75 Å². The first-order valence-electron chi connectivity index (χ1n) is 10.8. The summed E-state index contributed by atoms with van der Waals surface area (Å²) < 4.78 is 7.18. The van der Waals surface area contributed by atoms with Crippen molar-refractivity contribution in [2.24, 2.45) is 0 Å². The number of rotatable bonds is 5. The van der Waals surface area contributed by atoms with Crippen LogP contribution in [0.15, 0.2) is 36.5 Å². The molecule has 160 valence electrons. The molecule has 1 saturated heterocycles. The lowest BCUT2D eigenvalue weighted by Crippen LogP contribution is -2.48. The van der Waals surface area contributed by atoms with Gasteiger partial charge in [0.15, 0.2) is 0 Å². The molecule has 0 atom stereocenters. The van der Waals surface area contributed by atoms with Gasteiger partial charge in [0.1, 0.15) is 11.6 Å². The largest absolute Gasteiger partial charge is 0.497 e. The van der Waals surface area contributed by atoms with E-state index in [-0.39, 0.29) is 17.9 Å². The molecule has 4 rings (SSSR count). The van der Waals surface area contributed by atoms with Crippen LogP contribution in [0.4, 0.5) is 5.82 Å². The molecule has 1 aliphatic carbocycles. The van der Waals surface area contributed by atoms with E-state index in [0.29, 0.717) is 13.1 Å². The maximum Gasteiger partial charge on any atom is 0.233 e. The van der Waals surface area contributed by atoms with Crippen molar-refractivity contribution in [3.05, 3.63) is 42.1 Å². The zero-order valence-corrected chi connectivity index (χ0v) is 17.8. The second-order valence-electron chi connectivity index (χ2n) is 8.38. The van der Waals surface area contributed by atoms with E-state index in [0.717, 1.165) is 55.7 Å². The average molecular weight is 411 g/mol. The number of ether oxygens (including phenoxy) is 1. The van der Waals surface area contributed by atoms with Crippen molar-refractivity contribution in [2.75, 3.05) is 25.5 Å². The normalized spacial score (nSPS) is 18.9. The third-order valence-electron chi connectivity index (χ3n) is 6.58. The molecule has 0 unspecified atom stereocenters. The Morgan fingerprint density at radius 3 is 2.37 bits per heavy atom. The van der Waals surface area contributed by atoms with Crippen LogP contribution in [-0.4, -0.2) is 46.7 Å². The van der Waals surface area contributed by atoms with Crippen molar-refractivity contribution < 1.29 is 14.3 Å². The van der Waals surface area contributed by atoms with Gasteiger partial charge in [-0.3, -0.25) is 9.59 Å². The predicted molar refractivity (Wildman–Crippen MR) is 115 cm³/mol. The van der Waals surface area contributed by atoms with Gasteiger partial charge in [0, 0.05) is 26.1 Å². The highest BCUT2D eigenvalue weighted by molar-refractivity contribution is 5.89. The summed E-state index contributed by atoms with van der Waals surface area (Å²) in [6.07, 6.45) is 7.36. The summed E-state index contributed by atoms with van der Waals surface area (Å²) >= 11 is 0. The second-order valence-corrected chi connectivity index (χ2v) is 8.38. The molecular formula is C23H30N4O3. The number of carbonyl (C=O) groups excluding carboxylic acids is 2. The van der Waals surface area contributed by atoms with Crippen LogP contribution in [0, 0.1) is 0 Å². The summed E-state index contributed by atoms with van der Waals surface area (Å²) in [7, 11) is 1.66. The lowest BCUT2D eigenvalue weighted by Gasteiger charge is -2.39. The number of nitrogens with zero attached hydrogens (tertiary/aromatic N) is 3. The number of aromatic nitrogens is 2. The predicted octanol–water partition coefficient (Wildman–Crippen LogP) is 3.53. The summed E-state index contributed by atoms with van der Waals surface area (Å²) in [6, 6.07) is 10.0. The molecule has 0 spiro atoms. The Hall–Kier alpha value is -2.83. The Labute approximate surface area is 177 Å². The van der Waals surface area contributed by atoms with E-state index in [1.807, 2.05) is 27.8 Å². The fourth-order valence-electron chi connectivity index (χ4n) is 5.02. The van der Waals surface area contributed by atoms with Crippen LogP contribution >= 0.6 is 0 Å². The topological polar surface area (TPSA) is 76.5 Å². The number of methoxy groups -OCH3 is 1. The molecule has 7 heteroatoms. The van der Waals surface area contributed by atoms with Gasteiger partial charge in [-0.25, -0.2) is 4.68 Å². The number of hydrogen-bond acceptors (Lipinski definition) is 4. The fourth-order valence-corrected chi connectivity index (χ4v) is 5.02. The first kappa shape index (κ1) is 20.4. The summed E-state index contributed by atoms with van der Waals surface area (Å²) in [5, 5.41) is 7.24. The standard InChI is InChI=1S/C23H30N4O3/c1-17(28)25-21-9-14-24-27(21)19-10-15-26(16-11-19)22(29)23(12-3-4-13-23)18-5-7-20(30-2)8-6-18/h5-9,14,19H,3-4,10-13,15-16H2,1-2H3,(H,25,28). The fraction of sp³-hybridized carbons (Fsp3) is 0.522. The van der Waals surface area contributed by atoms with Gasteiger partial charge in [0.05, 0.1) is 24.8 Å². The molecular weight excluding hydrogens is 380 g/mol. The van der Waals surface area contributed by atoms with Crippen LogP contribution in [-0.2, 0) is 15.0 Å². The van der Waals surface area contributed by atoms with Gasteiger partial charge in [-0.05, 0) is 43.4 Å². The van der Waals surface area contributed by atoms with Gasteiger partial charge in [0.25, 0.3) is 0 Å². The lowest BCUT2D eigenvalue weighted by molar-refractivity contribution is -0.138. The van der Waals surface area contributed by atoms with Gasteiger partial charge in [-0.2, -0.15) is 5.10 Å². The molecule has 1 N–H and O–H groups in total. The summed E-state index contributed by atoms with van der Waals surface area (Å²) in [5.41, 5.74) is 0.694. The Morgan fingerprint density at radius 2 is 1.77 bits per heavy atom. The van der Waals surface area contributed by atoms with E-state index in [2.05, 4.69) is 22.5 Å². The molecule has 1 aromatic carbocycles. The highest BCUT2D eigenvalue weighted by Crippen LogP contribution is 2.43. The smallest absolute Gasteiger partial charge is 0.233 e. The Kier molecular flexibility index (Phi) is 5.79. The summed E-state index contributed by atoms with van der Waals surface area (Å²) in [4.78, 5) is 27.2. The molecule has 2 aliphatic rings. The zero-order chi connectivity index (χ0) is 21.1. The summed E-state index contributed by atoms with van der Waals surface area (Å²) in [6.45, 7) is 2.92. The number of hydrogen-bond donors (Lipinski definition) is 1. The third-order valence-corrected chi connectivity index (χ3v) is 6.58. The van der Waals surface area contributed by atoms with E-state index < -0.39 is 5.41 Å². The minimum absolute atomic E-state index is 0.105. The van der Waals surface area contributed by atoms with Gasteiger partial charge < -0.3 is 15.0 Å². The van der Waals surface area contributed by atoms with Crippen molar-refractivity contribution in [1.29, 1.82) is 0 Å². The molecule has 0 radical (unpaired) electrons. The number of likely N-dealkylation sites (tertiary alicyclic amines) is 1. The molecule has 30 heavy (non-hydrogen) atoms. The van der Waals surface area contributed by atoms with Crippen LogP contribution < -0.4 is 10.1 Å². The average Bonchev–Trinajstić information content (AvgIpc) is 3.44. The van der Waals surface area contributed by atoms with Gasteiger partial charge >= 0.3 is 0 Å². The summed E-state index contributed by atoms with van der Waals surface area (Å²) in [5.74, 6) is 1.69. The van der Waals surface area contributed by atoms with E-state index in [9.17, 15) is 9.59 Å². The highest BCUT2D eigenvalue weighted by Gasteiger charge is 2.45. The number of anilines is 1. The van der Waals surface area contributed by atoms with Crippen LogP contribution in [0.3, 0.4) is 0 Å². The van der Waals surface area contributed by atoms with E-state index >= 15 is 0 Å². The minimum Gasteiger partial charge on any atom is -0.497 e. The second kappa shape index (κ2) is 8.50. The maximum absolute atomic E-state index is 13.7. The zero-order valence-electron chi connectivity index (χ0n) is 17.8. The van der Waals surface area contributed by atoms with Gasteiger partial charge in [0.2, 0.25) is 11.8 Å². The van der Waals surface area contributed by atoms with E-state index in [4.69, 9.17) is 4.74 Å². The van der Waals surface area contributed by atoms with Crippen LogP contribution in [0.2, 0.25) is 0 Å². The van der Waals surface area contributed by atoms with Crippen molar-refractivity contribution in [1.82, 2.24) is 14.7 Å².